The van der Waals surface area contributed by atoms with Gasteiger partial charge in [-0.3, -0.25) is 0 Å². The molecule has 6 heteroatoms. The third-order valence-electron chi connectivity index (χ3n) is 2.55. The largest absolute Gasteiger partial charge is 0.478 e. The Morgan fingerprint density at radius 3 is 2.90 bits per heavy atom. The molecule has 0 aliphatic carbocycles. The number of carboxylic acids is 1. The second-order valence-corrected chi connectivity index (χ2v) is 4.89. The average Bonchev–Trinajstić information content (AvgIpc) is 2.45. The number of pyridine rings is 1. The summed E-state index contributed by atoms with van der Waals surface area (Å²) in [6.07, 6.45) is 1.41. The number of benzene rings is 1. The van der Waals surface area contributed by atoms with Crippen molar-refractivity contribution in [2.75, 3.05) is 0 Å². The quantitative estimate of drug-likeness (QED) is 0.875. The predicted molar refractivity (Wildman–Crippen MR) is 71.9 cm³/mol. The SMILES string of the molecule is N#Cc1ccc(F)cc1CSc1cc(C(=O)O)ccn1. The topological polar surface area (TPSA) is 74.0 Å². The lowest BCUT2D eigenvalue weighted by molar-refractivity contribution is 0.0696. The zero-order chi connectivity index (χ0) is 14.5. The smallest absolute Gasteiger partial charge is 0.335 e. The van der Waals surface area contributed by atoms with Crippen LogP contribution in [-0.4, -0.2) is 16.1 Å². The molecule has 4 nitrogen and oxygen atoms in total. The van der Waals surface area contributed by atoms with Crippen LogP contribution in [-0.2, 0) is 5.75 Å². The van der Waals surface area contributed by atoms with Gasteiger partial charge in [0.15, 0.2) is 0 Å². The number of hydrogen-bond acceptors (Lipinski definition) is 4. The number of nitriles is 1. The lowest BCUT2D eigenvalue weighted by Gasteiger charge is -2.04. The number of carbonyl (C=O) groups is 1. The van der Waals surface area contributed by atoms with Gasteiger partial charge in [-0.05, 0) is 35.9 Å². The van der Waals surface area contributed by atoms with Crippen molar-refractivity contribution < 1.29 is 14.3 Å². The summed E-state index contributed by atoms with van der Waals surface area (Å²) < 4.78 is 13.2. The molecule has 0 atom stereocenters. The molecule has 0 aliphatic rings. The highest BCUT2D eigenvalue weighted by Crippen LogP contribution is 2.24. The monoisotopic (exact) mass is 288 g/mol. The second kappa shape index (κ2) is 6.17. The number of thioether (sulfide) groups is 1. The van der Waals surface area contributed by atoms with Crippen LogP contribution in [0.1, 0.15) is 21.5 Å². The van der Waals surface area contributed by atoms with E-state index in [-0.39, 0.29) is 5.56 Å². The van der Waals surface area contributed by atoms with Crippen LogP contribution in [0.3, 0.4) is 0 Å². The second-order valence-electron chi connectivity index (χ2n) is 3.89. The molecular formula is C14H9FN2O2S. The van der Waals surface area contributed by atoms with E-state index in [9.17, 15) is 9.18 Å². The average molecular weight is 288 g/mol. The van der Waals surface area contributed by atoms with Crippen LogP contribution in [0.4, 0.5) is 4.39 Å². The van der Waals surface area contributed by atoms with Gasteiger partial charge in [0.1, 0.15) is 5.82 Å². The Hall–Kier alpha value is -2.39. The van der Waals surface area contributed by atoms with Gasteiger partial charge in [-0.1, -0.05) is 0 Å². The molecule has 100 valence electrons. The van der Waals surface area contributed by atoms with Crippen molar-refractivity contribution in [3.63, 3.8) is 0 Å². The maximum atomic E-state index is 13.2. The van der Waals surface area contributed by atoms with Gasteiger partial charge in [0.25, 0.3) is 0 Å². The molecule has 20 heavy (non-hydrogen) atoms. The fourth-order valence-corrected chi connectivity index (χ4v) is 2.45. The van der Waals surface area contributed by atoms with E-state index in [4.69, 9.17) is 10.4 Å². The minimum atomic E-state index is -1.03. The maximum absolute atomic E-state index is 13.2. The van der Waals surface area contributed by atoms with E-state index in [1.165, 1.54) is 48.3 Å². The van der Waals surface area contributed by atoms with E-state index in [0.29, 0.717) is 21.9 Å². The first-order valence-corrected chi connectivity index (χ1v) is 6.59. The van der Waals surface area contributed by atoms with Gasteiger partial charge in [0, 0.05) is 11.9 Å². The predicted octanol–water partition coefficient (Wildman–Crippen LogP) is 3.08. The fourth-order valence-electron chi connectivity index (χ4n) is 1.56. The summed E-state index contributed by atoms with van der Waals surface area (Å²) in [6.45, 7) is 0. The molecule has 0 bridgehead atoms. The Bertz CT molecular complexity index is 698. The first kappa shape index (κ1) is 14.0. The first-order chi connectivity index (χ1) is 9.60. The Kier molecular flexibility index (Phi) is 4.33. The molecular weight excluding hydrogens is 279 g/mol. The van der Waals surface area contributed by atoms with E-state index in [1.54, 1.807) is 0 Å². The molecule has 1 aromatic carbocycles. The zero-order valence-corrected chi connectivity index (χ0v) is 11.0. The van der Waals surface area contributed by atoms with Crippen molar-refractivity contribution in [1.82, 2.24) is 4.98 Å². The van der Waals surface area contributed by atoms with Gasteiger partial charge in [0.2, 0.25) is 0 Å². The lowest BCUT2D eigenvalue weighted by atomic mass is 10.1. The van der Waals surface area contributed by atoms with Crippen molar-refractivity contribution in [3.8, 4) is 6.07 Å². The summed E-state index contributed by atoms with van der Waals surface area (Å²) in [4.78, 5) is 14.9. The van der Waals surface area contributed by atoms with Crippen molar-refractivity contribution in [3.05, 3.63) is 59.0 Å². The third kappa shape index (κ3) is 3.33. The van der Waals surface area contributed by atoms with Gasteiger partial charge >= 0.3 is 5.97 Å². The van der Waals surface area contributed by atoms with Crippen LogP contribution >= 0.6 is 11.8 Å². The number of halogens is 1. The van der Waals surface area contributed by atoms with Crippen LogP contribution in [0.15, 0.2) is 41.6 Å². The fraction of sp³-hybridized carbons (Fsp3) is 0.0714. The maximum Gasteiger partial charge on any atom is 0.335 e. The number of hydrogen-bond donors (Lipinski definition) is 1. The summed E-state index contributed by atoms with van der Waals surface area (Å²) in [5.74, 6) is -1.10. The molecule has 0 aliphatic heterocycles. The standard InChI is InChI=1S/C14H9FN2O2S/c15-12-2-1-10(7-16)11(5-12)8-20-13-6-9(14(18)19)3-4-17-13/h1-6H,8H2,(H,18,19). The molecule has 0 saturated heterocycles. The zero-order valence-electron chi connectivity index (χ0n) is 10.2. The molecule has 1 aromatic heterocycles. The van der Waals surface area contributed by atoms with Gasteiger partial charge in [-0.15, -0.1) is 11.8 Å². The summed E-state index contributed by atoms with van der Waals surface area (Å²) in [6, 6.07) is 8.79. The van der Waals surface area contributed by atoms with Crippen molar-refractivity contribution >= 4 is 17.7 Å². The summed E-state index contributed by atoms with van der Waals surface area (Å²) in [7, 11) is 0. The van der Waals surface area contributed by atoms with Crippen LogP contribution in [0.5, 0.6) is 0 Å². The molecule has 0 fully saturated rings. The first-order valence-electron chi connectivity index (χ1n) is 5.61. The molecule has 1 N–H and O–H groups in total. The van der Waals surface area contributed by atoms with Crippen LogP contribution in [0, 0.1) is 17.1 Å². The highest BCUT2D eigenvalue weighted by atomic mass is 32.2. The molecule has 0 amide bonds. The molecule has 0 unspecified atom stereocenters. The van der Waals surface area contributed by atoms with Crippen LogP contribution < -0.4 is 0 Å². The highest BCUT2D eigenvalue weighted by molar-refractivity contribution is 7.98. The van der Waals surface area contributed by atoms with E-state index in [1.807, 2.05) is 6.07 Å². The normalized spacial score (nSPS) is 10.0. The van der Waals surface area contributed by atoms with Gasteiger partial charge in [-0.25, -0.2) is 14.2 Å². The van der Waals surface area contributed by atoms with Crippen LogP contribution in [0.25, 0.3) is 0 Å². The Morgan fingerprint density at radius 2 is 2.20 bits per heavy atom. The van der Waals surface area contributed by atoms with Gasteiger partial charge < -0.3 is 5.11 Å². The molecule has 0 saturated carbocycles. The number of aromatic carboxylic acids is 1. The Labute approximate surface area is 118 Å². The number of rotatable bonds is 4. The summed E-state index contributed by atoms with van der Waals surface area (Å²) in [5, 5.41) is 18.3. The molecule has 1 heterocycles. The third-order valence-corrected chi connectivity index (χ3v) is 3.52. The molecule has 0 spiro atoms. The van der Waals surface area contributed by atoms with Gasteiger partial charge in [0.05, 0.1) is 22.2 Å². The Balaban J connectivity index is 2.17. The number of nitrogens with zero attached hydrogens (tertiary/aromatic N) is 2. The minimum absolute atomic E-state index is 0.141. The summed E-state index contributed by atoms with van der Waals surface area (Å²) in [5.41, 5.74) is 1.09. The van der Waals surface area contributed by atoms with Crippen molar-refractivity contribution in [1.29, 1.82) is 5.26 Å². The number of carboxylic acid groups (broad SMARTS) is 1. The van der Waals surface area contributed by atoms with E-state index < -0.39 is 11.8 Å². The van der Waals surface area contributed by atoms with E-state index >= 15 is 0 Å². The highest BCUT2D eigenvalue weighted by Gasteiger charge is 2.08. The molecule has 2 rings (SSSR count). The van der Waals surface area contributed by atoms with Crippen LogP contribution in [0.2, 0.25) is 0 Å². The number of aromatic nitrogens is 1. The van der Waals surface area contributed by atoms with Crippen molar-refractivity contribution in [2.24, 2.45) is 0 Å². The molecule has 2 aromatic rings. The summed E-state index contributed by atoms with van der Waals surface area (Å²) >= 11 is 1.25. The van der Waals surface area contributed by atoms with Crippen molar-refractivity contribution in [2.45, 2.75) is 10.8 Å². The Morgan fingerprint density at radius 1 is 1.40 bits per heavy atom. The van der Waals surface area contributed by atoms with Gasteiger partial charge in [-0.2, -0.15) is 5.26 Å². The minimum Gasteiger partial charge on any atom is -0.478 e. The van der Waals surface area contributed by atoms with E-state index in [2.05, 4.69) is 4.98 Å². The molecule has 0 radical (unpaired) electrons. The lowest BCUT2D eigenvalue weighted by Crippen LogP contribution is -1.97. The van der Waals surface area contributed by atoms with E-state index in [0.717, 1.165) is 0 Å².